The number of methoxy groups -OCH3 is 1. The van der Waals surface area contributed by atoms with Crippen molar-refractivity contribution in [1.29, 1.82) is 0 Å². The van der Waals surface area contributed by atoms with Crippen LogP contribution in [0.2, 0.25) is 0 Å². The van der Waals surface area contributed by atoms with Gasteiger partial charge in [-0.25, -0.2) is 0 Å². The van der Waals surface area contributed by atoms with E-state index in [2.05, 4.69) is 39.8 Å². The highest BCUT2D eigenvalue weighted by Crippen LogP contribution is 2.28. The van der Waals surface area contributed by atoms with E-state index in [1.54, 1.807) is 18.9 Å². The summed E-state index contributed by atoms with van der Waals surface area (Å²) in [7, 11) is 1.66. The van der Waals surface area contributed by atoms with Crippen molar-refractivity contribution in [2.75, 3.05) is 12.9 Å². The molecule has 0 radical (unpaired) electrons. The van der Waals surface area contributed by atoms with Crippen LogP contribution in [0.1, 0.15) is 43.5 Å². The number of hydrogen-bond acceptors (Lipinski definition) is 5. The molecule has 1 aromatic heterocycles. The molecule has 7 heteroatoms. The lowest BCUT2D eigenvalue weighted by molar-refractivity contribution is -0.122. The van der Waals surface area contributed by atoms with Crippen molar-refractivity contribution in [2.45, 2.75) is 50.2 Å². The molecular weight excluding hydrogens is 420 g/mol. The van der Waals surface area contributed by atoms with Crippen LogP contribution in [0, 0.1) is 5.92 Å². The predicted octanol–water partition coefficient (Wildman–Crippen LogP) is 4.81. The van der Waals surface area contributed by atoms with Crippen LogP contribution >= 0.6 is 11.8 Å². The summed E-state index contributed by atoms with van der Waals surface area (Å²) in [6.45, 7) is 0.356. The highest BCUT2D eigenvalue weighted by atomic mass is 32.2. The maximum atomic E-state index is 12.5. The van der Waals surface area contributed by atoms with E-state index >= 15 is 0 Å². The molecular formula is C25H30N4O2S. The van der Waals surface area contributed by atoms with Gasteiger partial charge in [0.25, 0.3) is 0 Å². The first-order valence-corrected chi connectivity index (χ1v) is 12.2. The average molecular weight is 451 g/mol. The first-order chi connectivity index (χ1) is 15.7. The molecule has 168 valence electrons. The molecule has 6 nitrogen and oxygen atoms in total. The summed E-state index contributed by atoms with van der Waals surface area (Å²) in [6, 6.07) is 18.3. The number of carbonyl (C=O) groups is 1. The normalized spacial score (nSPS) is 13.9. The van der Waals surface area contributed by atoms with Gasteiger partial charge in [0.15, 0.2) is 11.0 Å². The van der Waals surface area contributed by atoms with Gasteiger partial charge in [-0.1, -0.05) is 61.0 Å². The quantitative estimate of drug-likeness (QED) is 0.449. The zero-order chi connectivity index (χ0) is 22.2. The van der Waals surface area contributed by atoms with Crippen LogP contribution in [0.5, 0.6) is 5.75 Å². The van der Waals surface area contributed by atoms with Crippen molar-refractivity contribution in [3.05, 3.63) is 66.0 Å². The standard InChI is InChI=1S/C25H30N4O2S/c1-31-22-13-7-12-21(17-22)29-23(18-26-24(30)16-20-10-5-6-11-20)27-28-25(29)32-15-14-19-8-3-2-4-9-19/h2-4,7-9,12-13,17,20H,5-6,10-11,14-16,18H2,1H3,(H,26,30). The molecule has 1 aliphatic rings. The second-order valence-electron chi connectivity index (χ2n) is 8.15. The lowest BCUT2D eigenvalue weighted by Crippen LogP contribution is -2.26. The van der Waals surface area contributed by atoms with Crippen molar-refractivity contribution in [3.8, 4) is 11.4 Å². The molecule has 0 atom stereocenters. The van der Waals surface area contributed by atoms with Gasteiger partial charge >= 0.3 is 0 Å². The van der Waals surface area contributed by atoms with Crippen molar-refractivity contribution >= 4 is 17.7 Å². The Morgan fingerprint density at radius 3 is 2.72 bits per heavy atom. The van der Waals surface area contributed by atoms with E-state index < -0.39 is 0 Å². The Hall–Kier alpha value is -2.80. The number of amides is 1. The zero-order valence-electron chi connectivity index (χ0n) is 18.5. The monoisotopic (exact) mass is 450 g/mol. The molecule has 0 unspecified atom stereocenters. The van der Waals surface area contributed by atoms with Crippen LogP contribution in [0.4, 0.5) is 0 Å². The minimum absolute atomic E-state index is 0.0929. The Morgan fingerprint density at radius 2 is 1.94 bits per heavy atom. The molecule has 0 spiro atoms. The van der Waals surface area contributed by atoms with Gasteiger partial charge in [-0.2, -0.15) is 0 Å². The fraction of sp³-hybridized carbons (Fsp3) is 0.400. The van der Waals surface area contributed by atoms with Gasteiger partial charge in [0.1, 0.15) is 5.75 Å². The summed E-state index contributed by atoms with van der Waals surface area (Å²) >= 11 is 1.67. The van der Waals surface area contributed by atoms with Crippen LogP contribution in [-0.4, -0.2) is 33.5 Å². The molecule has 1 amide bonds. The summed E-state index contributed by atoms with van der Waals surface area (Å²) < 4.78 is 7.44. The number of thioether (sulfide) groups is 1. The largest absolute Gasteiger partial charge is 0.497 e. The summed E-state index contributed by atoms with van der Waals surface area (Å²) in [5.74, 6) is 3.00. The lowest BCUT2D eigenvalue weighted by Gasteiger charge is -2.13. The van der Waals surface area contributed by atoms with E-state index in [1.807, 2.05) is 34.9 Å². The molecule has 1 saturated carbocycles. The van der Waals surface area contributed by atoms with Gasteiger partial charge in [0, 0.05) is 18.2 Å². The first-order valence-electron chi connectivity index (χ1n) is 11.2. The third-order valence-electron chi connectivity index (χ3n) is 5.87. The number of hydrogen-bond donors (Lipinski definition) is 1. The fourth-order valence-electron chi connectivity index (χ4n) is 4.15. The highest BCUT2D eigenvalue weighted by molar-refractivity contribution is 7.99. The molecule has 0 bridgehead atoms. The second-order valence-corrected chi connectivity index (χ2v) is 9.21. The van der Waals surface area contributed by atoms with E-state index in [0.29, 0.717) is 18.9 Å². The van der Waals surface area contributed by atoms with Gasteiger partial charge in [0.05, 0.1) is 19.3 Å². The predicted molar refractivity (Wildman–Crippen MR) is 127 cm³/mol. The third-order valence-corrected chi connectivity index (χ3v) is 6.80. The van der Waals surface area contributed by atoms with Crippen molar-refractivity contribution < 1.29 is 9.53 Å². The molecule has 1 fully saturated rings. The fourth-order valence-corrected chi connectivity index (χ4v) is 5.11. The Kier molecular flexibility index (Phi) is 7.82. The maximum Gasteiger partial charge on any atom is 0.220 e. The van der Waals surface area contributed by atoms with E-state index in [4.69, 9.17) is 4.74 Å². The molecule has 0 aliphatic heterocycles. The van der Waals surface area contributed by atoms with Crippen molar-refractivity contribution in [3.63, 3.8) is 0 Å². The number of rotatable bonds is 10. The van der Waals surface area contributed by atoms with Gasteiger partial charge < -0.3 is 10.1 Å². The number of nitrogens with zero attached hydrogens (tertiary/aromatic N) is 3. The van der Waals surface area contributed by atoms with Gasteiger partial charge in [0.2, 0.25) is 5.91 Å². The van der Waals surface area contributed by atoms with Crippen LogP contribution in [0.3, 0.4) is 0 Å². The molecule has 1 heterocycles. The number of aromatic nitrogens is 3. The Balaban J connectivity index is 1.47. The molecule has 3 aromatic rings. The van der Waals surface area contributed by atoms with E-state index in [-0.39, 0.29) is 5.91 Å². The topological polar surface area (TPSA) is 69.0 Å². The summed E-state index contributed by atoms with van der Waals surface area (Å²) in [4.78, 5) is 12.5. The van der Waals surface area contributed by atoms with Gasteiger partial charge in [-0.05, 0) is 42.9 Å². The smallest absolute Gasteiger partial charge is 0.220 e. The van der Waals surface area contributed by atoms with Gasteiger partial charge in [-0.3, -0.25) is 9.36 Å². The molecule has 1 N–H and O–H groups in total. The number of nitrogens with one attached hydrogen (secondary N) is 1. The molecule has 0 saturated heterocycles. The summed E-state index contributed by atoms with van der Waals surface area (Å²) in [5, 5.41) is 12.7. The zero-order valence-corrected chi connectivity index (χ0v) is 19.3. The molecule has 1 aliphatic carbocycles. The lowest BCUT2D eigenvalue weighted by atomic mass is 10.0. The number of carbonyl (C=O) groups excluding carboxylic acids is 1. The van der Waals surface area contributed by atoms with Crippen LogP contribution in [-0.2, 0) is 17.8 Å². The number of benzene rings is 2. The van der Waals surface area contributed by atoms with Crippen molar-refractivity contribution in [1.82, 2.24) is 20.1 Å². The first kappa shape index (κ1) is 22.4. The number of aryl methyl sites for hydroxylation is 1. The van der Waals surface area contributed by atoms with Crippen LogP contribution < -0.4 is 10.1 Å². The maximum absolute atomic E-state index is 12.5. The highest BCUT2D eigenvalue weighted by Gasteiger charge is 2.20. The van der Waals surface area contributed by atoms with E-state index in [1.165, 1.54) is 18.4 Å². The Morgan fingerprint density at radius 1 is 1.12 bits per heavy atom. The minimum Gasteiger partial charge on any atom is -0.497 e. The second kappa shape index (κ2) is 11.2. The van der Waals surface area contributed by atoms with Crippen molar-refractivity contribution in [2.24, 2.45) is 5.92 Å². The summed E-state index contributed by atoms with van der Waals surface area (Å²) in [6.07, 6.45) is 6.36. The average Bonchev–Trinajstić information content (AvgIpc) is 3.48. The summed E-state index contributed by atoms with van der Waals surface area (Å²) in [5.41, 5.74) is 2.23. The molecule has 32 heavy (non-hydrogen) atoms. The molecule has 2 aromatic carbocycles. The minimum atomic E-state index is 0.0929. The SMILES string of the molecule is COc1cccc(-n2c(CNC(=O)CC3CCCC3)nnc2SCCc2ccccc2)c1. The van der Waals surface area contributed by atoms with Crippen LogP contribution in [0.15, 0.2) is 59.8 Å². The van der Waals surface area contributed by atoms with Crippen LogP contribution in [0.25, 0.3) is 5.69 Å². The van der Waals surface area contributed by atoms with Gasteiger partial charge in [-0.15, -0.1) is 10.2 Å². The third kappa shape index (κ3) is 5.91. The Bertz CT molecular complexity index is 1020. The van der Waals surface area contributed by atoms with E-state index in [0.717, 1.165) is 47.4 Å². The van der Waals surface area contributed by atoms with E-state index in [9.17, 15) is 4.79 Å². The number of ether oxygens (including phenoxy) is 1. The molecule has 4 rings (SSSR count). The Labute approximate surface area is 193 Å².